The number of amides is 2. The summed E-state index contributed by atoms with van der Waals surface area (Å²) in [7, 11) is 0. The van der Waals surface area contributed by atoms with Crippen molar-refractivity contribution in [3.05, 3.63) is 87.3 Å². The fourth-order valence-corrected chi connectivity index (χ4v) is 4.76. The van der Waals surface area contributed by atoms with Gasteiger partial charge in [-0.25, -0.2) is 9.18 Å². The van der Waals surface area contributed by atoms with Crippen LogP contribution in [0.4, 0.5) is 23.6 Å². The molecular formula is C30H25Cl2F4N5O5. The summed E-state index contributed by atoms with van der Waals surface area (Å²) in [5.74, 6) is -3.46. The van der Waals surface area contributed by atoms with Gasteiger partial charge in [-0.15, -0.1) is 0 Å². The highest BCUT2D eigenvalue weighted by Crippen LogP contribution is 2.35. The maximum Gasteiger partial charge on any atom is 0.371 e. The molecule has 1 aliphatic rings. The van der Waals surface area contributed by atoms with E-state index in [0.29, 0.717) is 11.2 Å². The SMILES string of the molecule is F.N#Cc1cc(Cl)cc(Oc2c(Cl)ccc(CNC(=O)c3cc4cc(NC(=O)[C@@H]5CCCN5)ccc4[nH]3)c2F)c1.O=C(O)C(F)F. The third kappa shape index (κ3) is 9.10. The Labute approximate surface area is 268 Å². The Hall–Kier alpha value is -4.84. The van der Waals surface area contributed by atoms with Crippen LogP contribution in [-0.2, 0) is 16.1 Å². The summed E-state index contributed by atoms with van der Waals surface area (Å²) in [5, 5.41) is 26.1. The molecule has 16 heteroatoms. The quantitative estimate of drug-likeness (QED) is 0.135. The van der Waals surface area contributed by atoms with Crippen molar-refractivity contribution in [1.29, 1.82) is 5.26 Å². The average molecular weight is 682 g/mol. The number of aromatic amines is 1. The Kier molecular flexibility index (Phi) is 12.3. The molecule has 2 heterocycles. The zero-order valence-electron chi connectivity index (χ0n) is 23.5. The van der Waals surface area contributed by atoms with E-state index in [4.69, 9.17) is 43.1 Å². The van der Waals surface area contributed by atoms with Crippen LogP contribution in [0.15, 0.2) is 54.6 Å². The van der Waals surface area contributed by atoms with E-state index < -0.39 is 24.1 Å². The first kappa shape index (κ1) is 35.6. The lowest BCUT2D eigenvalue weighted by Crippen LogP contribution is -2.35. The summed E-state index contributed by atoms with van der Waals surface area (Å²) in [5.41, 5.74) is 2.01. The molecule has 0 spiro atoms. The summed E-state index contributed by atoms with van der Waals surface area (Å²) in [6.07, 6.45) is -1.47. The highest BCUT2D eigenvalue weighted by atomic mass is 35.5. The number of benzene rings is 3. The van der Waals surface area contributed by atoms with E-state index in [1.165, 1.54) is 30.3 Å². The molecule has 1 atom stereocenters. The topological polar surface area (TPSA) is 156 Å². The summed E-state index contributed by atoms with van der Waals surface area (Å²) < 4.78 is 42.0. The van der Waals surface area contributed by atoms with Crippen LogP contribution in [0, 0.1) is 17.1 Å². The van der Waals surface area contributed by atoms with Crippen molar-refractivity contribution in [2.24, 2.45) is 0 Å². The Morgan fingerprint density at radius 1 is 1.11 bits per heavy atom. The number of carboxylic acids is 1. The molecule has 0 bridgehead atoms. The van der Waals surface area contributed by atoms with Crippen molar-refractivity contribution in [3.8, 4) is 17.6 Å². The number of nitrogens with one attached hydrogen (secondary N) is 4. The number of hydrogen-bond donors (Lipinski definition) is 5. The zero-order valence-corrected chi connectivity index (χ0v) is 25.0. The van der Waals surface area contributed by atoms with Crippen LogP contribution in [0.3, 0.4) is 0 Å². The fraction of sp³-hybridized carbons (Fsp3) is 0.200. The number of fused-ring (bicyclic) bond motifs is 1. The van der Waals surface area contributed by atoms with E-state index in [2.05, 4.69) is 20.9 Å². The monoisotopic (exact) mass is 681 g/mol. The molecule has 0 radical (unpaired) electrons. The maximum atomic E-state index is 15.3. The molecule has 2 amide bonds. The highest BCUT2D eigenvalue weighted by molar-refractivity contribution is 6.32. The minimum Gasteiger partial charge on any atom is -0.477 e. The Morgan fingerprint density at radius 3 is 2.50 bits per heavy atom. The van der Waals surface area contributed by atoms with Crippen LogP contribution in [0.25, 0.3) is 10.9 Å². The second-order valence-electron chi connectivity index (χ2n) is 9.68. The molecule has 5 N–H and O–H groups in total. The number of ether oxygens (including phenoxy) is 1. The van der Waals surface area contributed by atoms with Crippen LogP contribution in [0.5, 0.6) is 11.5 Å². The van der Waals surface area contributed by atoms with Gasteiger partial charge in [-0.2, -0.15) is 14.0 Å². The number of rotatable bonds is 8. The molecule has 1 aromatic heterocycles. The Balaban J connectivity index is 0.000000752. The number of carbonyl (C=O) groups excluding carboxylic acids is 2. The lowest BCUT2D eigenvalue weighted by Gasteiger charge is -2.13. The molecule has 0 unspecified atom stereocenters. The molecule has 5 rings (SSSR count). The van der Waals surface area contributed by atoms with Gasteiger partial charge in [0.1, 0.15) is 11.4 Å². The van der Waals surface area contributed by atoms with Gasteiger partial charge in [0.2, 0.25) is 5.91 Å². The second kappa shape index (κ2) is 15.9. The first-order valence-electron chi connectivity index (χ1n) is 13.3. The van der Waals surface area contributed by atoms with Gasteiger partial charge in [0.15, 0.2) is 11.6 Å². The fourth-order valence-electron chi connectivity index (χ4n) is 4.35. The predicted octanol–water partition coefficient (Wildman–Crippen LogP) is 6.39. The van der Waals surface area contributed by atoms with Crippen LogP contribution < -0.4 is 20.7 Å². The van der Waals surface area contributed by atoms with Gasteiger partial charge in [0.05, 0.1) is 22.7 Å². The largest absolute Gasteiger partial charge is 0.477 e. The third-order valence-electron chi connectivity index (χ3n) is 6.49. The Bertz CT molecular complexity index is 1790. The third-order valence-corrected chi connectivity index (χ3v) is 7.00. The molecule has 4 aromatic rings. The van der Waals surface area contributed by atoms with Crippen molar-refractivity contribution < 1.29 is 42.1 Å². The number of carboxylic acid groups (broad SMARTS) is 1. The normalized spacial score (nSPS) is 13.6. The van der Waals surface area contributed by atoms with Gasteiger partial charge in [-0.05, 0) is 67.9 Å². The smallest absolute Gasteiger partial charge is 0.371 e. The van der Waals surface area contributed by atoms with E-state index in [1.54, 1.807) is 24.3 Å². The van der Waals surface area contributed by atoms with Crippen LogP contribution in [0.2, 0.25) is 10.0 Å². The number of alkyl halides is 2. The number of anilines is 1. The molecule has 1 fully saturated rings. The number of nitriles is 1. The second-order valence-corrected chi connectivity index (χ2v) is 10.5. The first-order chi connectivity index (χ1) is 21.4. The van der Waals surface area contributed by atoms with Crippen LogP contribution in [0.1, 0.15) is 34.5 Å². The summed E-state index contributed by atoms with van der Waals surface area (Å²) in [6.45, 7) is 0.689. The molecular weight excluding hydrogens is 657 g/mol. The van der Waals surface area contributed by atoms with Gasteiger partial charge in [-0.1, -0.05) is 29.3 Å². The lowest BCUT2D eigenvalue weighted by atomic mass is 10.2. The average Bonchev–Trinajstić information content (AvgIpc) is 3.69. The first-order valence-corrected chi connectivity index (χ1v) is 14.0. The minimum absolute atomic E-state index is 0. The molecule has 1 saturated heterocycles. The van der Waals surface area contributed by atoms with Gasteiger partial charge in [0, 0.05) is 33.7 Å². The highest BCUT2D eigenvalue weighted by Gasteiger charge is 2.22. The van der Waals surface area contributed by atoms with Crippen molar-refractivity contribution in [3.63, 3.8) is 0 Å². The summed E-state index contributed by atoms with van der Waals surface area (Å²) >= 11 is 12.2. The van der Waals surface area contributed by atoms with Crippen molar-refractivity contribution in [2.45, 2.75) is 31.9 Å². The number of carbonyl (C=O) groups is 3. The number of H-pyrrole nitrogens is 1. The maximum absolute atomic E-state index is 15.3. The summed E-state index contributed by atoms with van der Waals surface area (Å²) in [4.78, 5) is 37.2. The van der Waals surface area contributed by atoms with Crippen LogP contribution >= 0.6 is 23.2 Å². The van der Waals surface area contributed by atoms with E-state index >= 15 is 4.39 Å². The van der Waals surface area contributed by atoms with Gasteiger partial charge >= 0.3 is 12.4 Å². The van der Waals surface area contributed by atoms with E-state index in [9.17, 15) is 18.4 Å². The summed E-state index contributed by atoms with van der Waals surface area (Å²) in [6, 6.07) is 15.9. The van der Waals surface area contributed by atoms with Gasteiger partial charge < -0.3 is 30.8 Å². The molecule has 3 aromatic carbocycles. The molecule has 1 aliphatic heterocycles. The lowest BCUT2D eigenvalue weighted by molar-refractivity contribution is -0.149. The Morgan fingerprint density at radius 2 is 1.85 bits per heavy atom. The van der Waals surface area contributed by atoms with Crippen molar-refractivity contribution in [1.82, 2.24) is 15.6 Å². The van der Waals surface area contributed by atoms with Crippen molar-refractivity contribution in [2.75, 3.05) is 11.9 Å². The zero-order chi connectivity index (χ0) is 32.7. The number of halogens is 6. The molecule has 242 valence electrons. The molecule has 0 aliphatic carbocycles. The van der Waals surface area contributed by atoms with Gasteiger partial charge in [0.25, 0.3) is 5.91 Å². The number of hydrogen-bond acceptors (Lipinski definition) is 6. The van der Waals surface area contributed by atoms with Crippen LogP contribution in [-0.4, -0.2) is 46.9 Å². The number of aliphatic carboxylic acids is 1. The van der Waals surface area contributed by atoms with Gasteiger partial charge in [-0.3, -0.25) is 14.3 Å². The molecule has 10 nitrogen and oxygen atoms in total. The molecule has 46 heavy (non-hydrogen) atoms. The van der Waals surface area contributed by atoms with E-state index in [-0.39, 0.29) is 61.6 Å². The molecule has 0 saturated carbocycles. The standard InChI is InChI=1S/C28H22Cl2FN5O3.C2H2F2O2.FH/c29-18-8-15(13-32)9-20(12-18)39-26-21(30)5-3-16(25(26)31)14-34-27(37)24-11-17-10-19(4-6-22(17)36-24)35-28(38)23-2-1-7-33-23;3-1(4)2(5)6;/h3-6,8-12,23,33,36H,1-2,7,14H2,(H,34,37)(H,35,38);1H,(H,5,6);1H/t23-;;/m0../s1. The van der Waals surface area contributed by atoms with E-state index in [0.717, 1.165) is 24.8 Å². The predicted molar refractivity (Wildman–Crippen MR) is 163 cm³/mol. The number of aromatic nitrogens is 1. The minimum atomic E-state index is -3.23. The van der Waals surface area contributed by atoms with E-state index in [1.807, 2.05) is 6.07 Å². The number of nitrogens with zero attached hydrogens (tertiary/aromatic N) is 1. The van der Waals surface area contributed by atoms with Crippen molar-refractivity contribution >= 4 is 57.6 Å².